The summed E-state index contributed by atoms with van der Waals surface area (Å²) in [6, 6.07) is 4.43. The number of ether oxygens (including phenoxy) is 3. The van der Waals surface area contributed by atoms with Crippen LogP contribution in [0, 0.1) is 0 Å². The lowest BCUT2D eigenvalue weighted by Crippen LogP contribution is -2.51. The maximum atomic E-state index is 12.7. The summed E-state index contributed by atoms with van der Waals surface area (Å²) in [5, 5.41) is 3.17. The molecule has 1 amide bonds. The van der Waals surface area contributed by atoms with Crippen LogP contribution < -0.4 is 14.8 Å². The van der Waals surface area contributed by atoms with Crippen molar-refractivity contribution in [3.8, 4) is 11.5 Å². The first-order valence-corrected chi connectivity index (χ1v) is 9.03. The van der Waals surface area contributed by atoms with Crippen molar-refractivity contribution in [2.75, 3.05) is 20.8 Å². The fourth-order valence-electron chi connectivity index (χ4n) is 2.99. The van der Waals surface area contributed by atoms with Gasteiger partial charge in [0.2, 0.25) is 5.91 Å². The van der Waals surface area contributed by atoms with Crippen LogP contribution in [-0.2, 0) is 14.3 Å². The van der Waals surface area contributed by atoms with Crippen molar-refractivity contribution in [1.29, 1.82) is 0 Å². The summed E-state index contributed by atoms with van der Waals surface area (Å²) >= 11 is 5.40. The Morgan fingerprint density at radius 1 is 1.22 bits per heavy atom. The summed E-state index contributed by atoms with van der Waals surface area (Å²) in [4.78, 5) is 26.8. The molecule has 2 rings (SSSR count). The zero-order valence-electron chi connectivity index (χ0n) is 16.1. The van der Waals surface area contributed by atoms with Gasteiger partial charge in [-0.2, -0.15) is 0 Å². The summed E-state index contributed by atoms with van der Waals surface area (Å²) in [5.41, 5.74) is 1.43. The molecular formula is C19H24N2O5S. The molecule has 0 radical (unpaired) electrons. The Morgan fingerprint density at radius 2 is 1.93 bits per heavy atom. The second kappa shape index (κ2) is 8.85. The highest BCUT2D eigenvalue weighted by molar-refractivity contribution is 7.80. The highest BCUT2D eigenvalue weighted by Gasteiger charge is 2.41. The van der Waals surface area contributed by atoms with Gasteiger partial charge in [0.05, 0.1) is 26.4 Å². The predicted octanol–water partition coefficient (Wildman–Crippen LogP) is 2.71. The highest BCUT2D eigenvalue weighted by atomic mass is 32.1. The molecule has 1 aromatic carbocycles. The Hall–Kier alpha value is -2.61. The Labute approximate surface area is 164 Å². The molecule has 0 saturated carbocycles. The van der Waals surface area contributed by atoms with E-state index in [0.717, 1.165) is 0 Å². The minimum Gasteiger partial charge on any atom is -0.497 e. The number of rotatable bonds is 6. The van der Waals surface area contributed by atoms with Crippen molar-refractivity contribution < 1.29 is 23.8 Å². The average molecular weight is 392 g/mol. The molecule has 0 spiro atoms. The van der Waals surface area contributed by atoms with Crippen molar-refractivity contribution >= 4 is 29.2 Å². The standard InChI is InChI=1S/C19H24N2O5S/c1-6-15(22)21-17(13-10-12(24-4)8-9-14(13)25-5)16(18(23)26-7-2)11(3)20-19(21)27/h8-10,17H,6-7H2,1-5H3,(H,20,27)/t17-/m0/s1. The summed E-state index contributed by atoms with van der Waals surface area (Å²) in [5.74, 6) is 0.333. The minimum absolute atomic E-state index is 0.212. The number of nitrogens with zero attached hydrogens (tertiary/aromatic N) is 1. The van der Waals surface area contributed by atoms with Gasteiger partial charge in [-0.05, 0) is 44.3 Å². The van der Waals surface area contributed by atoms with E-state index in [1.54, 1.807) is 46.1 Å². The number of thiocarbonyl (C=S) groups is 1. The smallest absolute Gasteiger partial charge is 0.338 e. The van der Waals surface area contributed by atoms with E-state index in [0.29, 0.717) is 28.3 Å². The van der Waals surface area contributed by atoms with E-state index in [1.165, 1.54) is 12.0 Å². The van der Waals surface area contributed by atoms with E-state index >= 15 is 0 Å². The molecule has 0 unspecified atom stereocenters. The summed E-state index contributed by atoms with van der Waals surface area (Å²) in [7, 11) is 3.07. The molecule has 1 heterocycles. The molecule has 1 aliphatic rings. The molecule has 1 aromatic rings. The first-order valence-electron chi connectivity index (χ1n) is 8.62. The van der Waals surface area contributed by atoms with Crippen LogP contribution in [0.5, 0.6) is 11.5 Å². The third-order valence-electron chi connectivity index (χ3n) is 4.25. The van der Waals surface area contributed by atoms with E-state index in [-0.39, 0.29) is 24.0 Å². The van der Waals surface area contributed by atoms with Gasteiger partial charge >= 0.3 is 5.97 Å². The molecule has 7 nitrogen and oxygen atoms in total. The maximum Gasteiger partial charge on any atom is 0.338 e. The zero-order valence-corrected chi connectivity index (χ0v) is 16.9. The van der Waals surface area contributed by atoms with Gasteiger partial charge in [-0.15, -0.1) is 0 Å². The number of carbonyl (C=O) groups excluding carboxylic acids is 2. The SMILES string of the molecule is CCOC(=O)C1=C(C)NC(=S)N(C(=O)CC)[C@H]1c1cc(OC)ccc1OC. The number of hydrogen-bond donors (Lipinski definition) is 1. The van der Waals surface area contributed by atoms with Crippen LogP contribution in [0.4, 0.5) is 0 Å². The average Bonchev–Trinajstić information content (AvgIpc) is 2.66. The first-order chi connectivity index (χ1) is 12.9. The molecule has 27 heavy (non-hydrogen) atoms. The van der Waals surface area contributed by atoms with Crippen LogP contribution in [0.3, 0.4) is 0 Å². The van der Waals surface area contributed by atoms with E-state index in [9.17, 15) is 9.59 Å². The van der Waals surface area contributed by atoms with Gasteiger partial charge in [0.15, 0.2) is 5.11 Å². The lowest BCUT2D eigenvalue weighted by molar-refractivity contribution is -0.139. The fraction of sp³-hybridized carbons (Fsp3) is 0.421. The molecule has 0 fully saturated rings. The number of hydrogen-bond acceptors (Lipinski definition) is 6. The molecule has 146 valence electrons. The Balaban J connectivity index is 2.76. The molecule has 0 bridgehead atoms. The summed E-state index contributed by atoms with van der Waals surface area (Å²) < 4.78 is 16.1. The minimum atomic E-state index is -0.782. The summed E-state index contributed by atoms with van der Waals surface area (Å²) in [6.45, 7) is 5.40. The number of carbonyl (C=O) groups is 2. The van der Waals surface area contributed by atoms with Crippen molar-refractivity contribution in [2.45, 2.75) is 33.2 Å². The molecule has 0 aromatic heterocycles. The molecular weight excluding hydrogens is 368 g/mol. The molecule has 8 heteroatoms. The van der Waals surface area contributed by atoms with Gasteiger partial charge in [-0.1, -0.05) is 6.92 Å². The topological polar surface area (TPSA) is 77.1 Å². The Bertz CT molecular complexity index is 790. The van der Waals surface area contributed by atoms with Gasteiger partial charge in [0.1, 0.15) is 17.5 Å². The number of amides is 1. The van der Waals surface area contributed by atoms with E-state index in [4.69, 9.17) is 26.4 Å². The van der Waals surface area contributed by atoms with Crippen LogP contribution in [-0.4, -0.2) is 42.7 Å². The van der Waals surface area contributed by atoms with Gasteiger partial charge in [0.25, 0.3) is 0 Å². The van der Waals surface area contributed by atoms with Gasteiger partial charge in [0, 0.05) is 17.7 Å². The number of methoxy groups -OCH3 is 2. The van der Waals surface area contributed by atoms with Gasteiger partial charge in [-0.3, -0.25) is 9.69 Å². The molecule has 0 saturated heterocycles. The maximum absolute atomic E-state index is 12.7. The van der Waals surface area contributed by atoms with Crippen molar-refractivity contribution in [2.24, 2.45) is 0 Å². The van der Waals surface area contributed by atoms with E-state index in [1.807, 2.05) is 0 Å². The number of esters is 1. The number of nitrogens with one attached hydrogen (secondary N) is 1. The molecule has 1 aliphatic heterocycles. The second-order valence-electron chi connectivity index (χ2n) is 5.82. The normalized spacial score (nSPS) is 16.7. The van der Waals surface area contributed by atoms with Crippen LogP contribution in [0.25, 0.3) is 0 Å². The quantitative estimate of drug-likeness (QED) is 0.589. The molecule has 0 aliphatic carbocycles. The van der Waals surface area contributed by atoms with E-state index in [2.05, 4.69) is 5.32 Å². The Morgan fingerprint density at radius 3 is 2.48 bits per heavy atom. The Kier molecular flexibility index (Phi) is 6.79. The largest absolute Gasteiger partial charge is 0.497 e. The monoisotopic (exact) mass is 392 g/mol. The van der Waals surface area contributed by atoms with Crippen molar-refractivity contribution in [3.63, 3.8) is 0 Å². The number of allylic oxidation sites excluding steroid dienone is 1. The predicted molar refractivity (Wildman–Crippen MR) is 104 cm³/mol. The van der Waals surface area contributed by atoms with Crippen LogP contribution in [0.1, 0.15) is 38.8 Å². The lowest BCUT2D eigenvalue weighted by atomic mass is 9.92. The van der Waals surface area contributed by atoms with Gasteiger partial charge < -0.3 is 19.5 Å². The summed E-state index contributed by atoms with van der Waals surface area (Å²) in [6.07, 6.45) is 0.222. The molecule has 1 atom stereocenters. The third kappa shape index (κ3) is 4.05. The van der Waals surface area contributed by atoms with Crippen molar-refractivity contribution in [3.05, 3.63) is 35.0 Å². The second-order valence-corrected chi connectivity index (χ2v) is 6.20. The van der Waals surface area contributed by atoms with E-state index < -0.39 is 12.0 Å². The van der Waals surface area contributed by atoms with Crippen LogP contribution in [0.2, 0.25) is 0 Å². The zero-order chi connectivity index (χ0) is 20.1. The highest BCUT2D eigenvalue weighted by Crippen LogP contribution is 2.40. The van der Waals surface area contributed by atoms with Crippen LogP contribution >= 0.6 is 12.2 Å². The van der Waals surface area contributed by atoms with Crippen LogP contribution in [0.15, 0.2) is 29.5 Å². The molecule has 1 N–H and O–H groups in total. The first kappa shape index (κ1) is 20.7. The fourth-order valence-corrected chi connectivity index (χ4v) is 3.35. The van der Waals surface area contributed by atoms with Gasteiger partial charge in [-0.25, -0.2) is 4.79 Å². The number of benzene rings is 1. The lowest BCUT2D eigenvalue weighted by Gasteiger charge is -2.38. The third-order valence-corrected chi connectivity index (χ3v) is 4.55. The van der Waals surface area contributed by atoms with Crippen molar-refractivity contribution in [1.82, 2.24) is 10.2 Å².